The fourth-order valence-corrected chi connectivity index (χ4v) is 4.43. The van der Waals surface area contributed by atoms with E-state index in [0.29, 0.717) is 5.69 Å². The number of aliphatic imine (C=N–C) groups is 2. The minimum absolute atomic E-state index is 0.207. The lowest BCUT2D eigenvalue weighted by Crippen LogP contribution is -2.58. The van der Waals surface area contributed by atoms with Gasteiger partial charge in [-0.15, -0.1) is 0 Å². The van der Waals surface area contributed by atoms with Crippen LogP contribution in [-0.2, 0) is 5.41 Å². The van der Waals surface area contributed by atoms with Crippen LogP contribution >= 0.6 is 0 Å². The highest BCUT2D eigenvalue weighted by Gasteiger charge is 2.43. The highest BCUT2D eigenvalue weighted by Crippen LogP contribution is 2.43. The number of rotatable bonds is 1. The predicted molar refractivity (Wildman–Crippen MR) is 100.0 cm³/mol. The molecule has 1 spiro atoms. The minimum atomic E-state index is -0.549. The van der Waals surface area contributed by atoms with Crippen molar-refractivity contribution in [2.75, 3.05) is 4.90 Å². The predicted octanol–water partition coefficient (Wildman–Crippen LogP) is 3.24. The van der Waals surface area contributed by atoms with Gasteiger partial charge >= 0.3 is 0 Å². The Morgan fingerprint density at radius 2 is 1.84 bits per heavy atom. The molecule has 0 amide bonds. The fraction of sp³-hybridized carbons (Fsp3) is 0.474. The van der Waals surface area contributed by atoms with Crippen LogP contribution in [0, 0.1) is 5.82 Å². The quantitative estimate of drug-likeness (QED) is 0.823. The topological polar surface area (TPSA) is 80.0 Å². The molecule has 3 aliphatic rings. The van der Waals surface area contributed by atoms with E-state index in [1.165, 1.54) is 0 Å². The summed E-state index contributed by atoms with van der Waals surface area (Å²) in [7, 11) is 0. The lowest BCUT2D eigenvalue weighted by molar-refractivity contribution is 0.305. The molecule has 1 saturated carbocycles. The first-order valence-corrected chi connectivity index (χ1v) is 8.85. The highest BCUT2D eigenvalue weighted by molar-refractivity contribution is 6.05. The van der Waals surface area contributed by atoms with Gasteiger partial charge in [0, 0.05) is 16.7 Å². The number of halogens is 1. The van der Waals surface area contributed by atoms with E-state index in [4.69, 9.17) is 11.5 Å². The number of hydrogen-bond acceptors (Lipinski definition) is 5. The van der Waals surface area contributed by atoms with Crippen LogP contribution in [0.5, 0.6) is 0 Å². The van der Waals surface area contributed by atoms with E-state index in [2.05, 4.69) is 9.98 Å². The largest absolute Gasteiger partial charge is 0.369 e. The summed E-state index contributed by atoms with van der Waals surface area (Å²) in [6.45, 7) is 4.03. The van der Waals surface area contributed by atoms with Crippen molar-refractivity contribution < 1.29 is 4.39 Å². The molecule has 0 atom stereocenters. The average Bonchev–Trinajstić information content (AvgIpc) is 2.82. The summed E-state index contributed by atoms with van der Waals surface area (Å²) in [4.78, 5) is 10.7. The molecule has 0 aromatic heterocycles. The summed E-state index contributed by atoms with van der Waals surface area (Å²) >= 11 is 0. The van der Waals surface area contributed by atoms with Gasteiger partial charge in [-0.3, -0.25) is 4.90 Å². The van der Waals surface area contributed by atoms with E-state index in [1.54, 1.807) is 6.07 Å². The Hall–Kier alpha value is -2.37. The number of nitrogens with two attached hydrogens (primary N) is 2. The van der Waals surface area contributed by atoms with Gasteiger partial charge in [0.1, 0.15) is 11.5 Å². The second kappa shape index (κ2) is 5.31. The molecular weight excluding hydrogens is 317 g/mol. The second-order valence-electron chi connectivity index (χ2n) is 7.77. The molecule has 1 aromatic rings. The molecule has 25 heavy (non-hydrogen) atoms. The van der Waals surface area contributed by atoms with E-state index in [1.807, 2.05) is 37.0 Å². The summed E-state index contributed by atoms with van der Waals surface area (Å²) in [5.74, 6) is 0.275. The third-order valence-electron chi connectivity index (χ3n) is 5.54. The highest BCUT2D eigenvalue weighted by atomic mass is 19.1. The third-order valence-corrected chi connectivity index (χ3v) is 5.54. The van der Waals surface area contributed by atoms with Gasteiger partial charge in [-0.1, -0.05) is 32.4 Å². The molecule has 1 aromatic carbocycles. The zero-order valence-electron chi connectivity index (χ0n) is 14.7. The molecule has 0 bridgehead atoms. The molecule has 2 aliphatic carbocycles. The smallest absolute Gasteiger partial charge is 0.220 e. The summed E-state index contributed by atoms with van der Waals surface area (Å²) in [6, 6.07) is 3.54. The van der Waals surface area contributed by atoms with E-state index in [0.717, 1.165) is 43.2 Å². The van der Waals surface area contributed by atoms with Crippen LogP contribution in [0.3, 0.4) is 0 Å². The fourth-order valence-electron chi connectivity index (χ4n) is 4.43. The number of allylic oxidation sites excluding steroid dienone is 1. The van der Waals surface area contributed by atoms with Gasteiger partial charge < -0.3 is 11.5 Å². The molecule has 1 fully saturated rings. The van der Waals surface area contributed by atoms with Gasteiger partial charge in [0.2, 0.25) is 11.9 Å². The van der Waals surface area contributed by atoms with E-state index >= 15 is 0 Å². The summed E-state index contributed by atoms with van der Waals surface area (Å²) < 4.78 is 15.0. The van der Waals surface area contributed by atoms with Crippen LogP contribution in [0.4, 0.5) is 10.1 Å². The Kier molecular flexibility index (Phi) is 3.42. The molecule has 0 saturated heterocycles. The number of benzene rings is 1. The standard InChI is InChI=1S/C19H24FN5/c1-18(2)9-6-12-10-13(11-14(20)15(12)18)25-17(22)23-16(21)24-19(25)7-4-3-5-8-19/h6,9-11H,3-5,7-8H2,1-2H3,(H4,21,22,23,24). The van der Waals surface area contributed by atoms with E-state index in [9.17, 15) is 4.39 Å². The number of fused-ring (bicyclic) bond motifs is 1. The third kappa shape index (κ3) is 2.42. The van der Waals surface area contributed by atoms with Gasteiger partial charge in [0.05, 0.1) is 0 Å². The van der Waals surface area contributed by atoms with Crippen molar-refractivity contribution in [3.63, 3.8) is 0 Å². The van der Waals surface area contributed by atoms with Gasteiger partial charge in [-0.05, 0) is 43.4 Å². The molecule has 132 valence electrons. The van der Waals surface area contributed by atoms with Crippen molar-refractivity contribution in [3.8, 4) is 0 Å². The molecule has 1 aliphatic heterocycles. The monoisotopic (exact) mass is 341 g/mol. The zero-order valence-corrected chi connectivity index (χ0v) is 14.7. The average molecular weight is 341 g/mol. The van der Waals surface area contributed by atoms with Gasteiger partial charge in [0.15, 0.2) is 0 Å². The molecule has 0 radical (unpaired) electrons. The Balaban J connectivity index is 1.84. The zero-order chi connectivity index (χ0) is 17.8. The lowest BCUT2D eigenvalue weighted by atomic mass is 9.85. The number of nitrogens with zero attached hydrogens (tertiary/aromatic N) is 3. The van der Waals surface area contributed by atoms with Gasteiger partial charge in [-0.2, -0.15) is 4.99 Å². The second-order valence-corrected chi connectivity index (χ2v) is 7.77. The normalized spacial score (nSPS) is 23.4. The van der Waals surface area contributed by atoms with Crippen molar-refractivity contribution in [2.24, 2.45) is 21.5 Å². The van der Waals surface area contributed by atoms with Crippen molar-refractivity contribution in [1.82, 2.24) is 0 Å². The van der Waals surface area contributed by atoms with Crippen molar-refractivity contribution >= 4 is 23.7 Å². The maximum atomic E-state index is 15.0. The van der Waals surface area contributed by atoms with Gasteiger partial charge in [0.25, 0.3) is 0 Å². The number of hydrogen-bond donors (Lipinski definition) is 2. The first-order chi connectivity index (χ1) is 11.8. The Morgan fingerprint density at radius 1 is 1.12 bits per heavy atom. The number of guanidine groups is 2. The molecule has 4 N–H and O–H groups in total. The maximum Gasteiger partial charge on any atom is 0.220 e. The maximum absolute atomic E-state index is 15.0. The summed E-state index contributed by atoms with van der Waals surface area (Å²) in [5, 5.41) is 0. The number of anilines is 1. The van der Waals surface area contributed by atoms with Crippen LogP contribution in [-0.4, -0.2) is 17.6 Å². The Morgan fingerprint density at radius 3 is 2.56 bits per heavy atom. The van der Waals surface area contributed by atoms with Crippen molar-refractivity contribution in [1.29, 1.82) is 0 Å². The van der Waals surface area contributed by atoms with Crippen LogP contribution < -0.4 is 16.4 Å². The molecule has 1 heterocycles. The first kappa shape index (κ1) is 16.1. The summed E-state index contributed by atoms with van der Waals surface area (Å²) in [6.07, 6.45) is 8.93. The SMILES string of the molecule is CC1(C)C=Cc2cc(N3C(N)=NC(N)=NC34CCCCC4)cc(F)c21. The first-order valence-electron chi connectivity index (χ1n) is 8.85. The molecule has 5 nitrogen and oxygen atoms in total. The minimum Gasteiger partial charge on any atom is -0.369 e. The van der Waals surface area contributed by atoms with E-state index < -0.39 is 5.66 Å². The molecule has 4 rings (SSSR count). The molecular formula is C19H24FN5. The van der Waals surface area contributed by atoms with Crippen LogP contribution in [0.1, 0.15) is 57.1 Å². The Labute approximate surface area is 147 Å². The van der Waals surface area contributed by atoms with Crippen LogP contribution in [0.25, 0.3) is 6.08 Å². The molecule has 6 heteroatoms. The van der Waals surface area contributed by atoms with Gasteiger partial charge in [-0.25, -0.2) is 9.38 Å². The summed E-state index contributed by atoms with van der Waals surface area (Å²) in [5.41, 5.74) is 13.6. The van der Waals surface area contributed by atoms with Crippen LogP contribution in [0.15, 0.2) is 28.2 Å². The Bertz CT molecular complexity index is 815. The van der Waals surface area contributed by atoms with Crippen LogP contribution in [0.2, 0.25) is 0 Å². The van der Waals surface area contributed by atoms with Crippen molar-refractivity contribution in [2.45, 2.75) is 57.0 Å². The lowest BCUT2D eigenvalue weighted by Gasteiger charge is -2.45. The molecule has 0 unspecified atom stereocenters. The van der Waals surface area contributed by atoms with E-state index in [-0.39, 0.29) is 23.2 Å². The van der Waals surface area contributed by atoms with Crippen molar-refractivity contribution in [3.05, 3.63) is 35.2 Å².